The second kappa shape index (κ2) is 13.7. The second-order valence-electron chi connectivity index (χ2n) is 16.2. The van der Waals surface area contributed by atoms with Gasteiger partial charge in [-0.2, -0.15) is 4.58 Å². The van der Waals surface area contributed by atoms with Crippen LogP contribution in [0.4, 0.5) is 5.69 Å². The largest absolute Gasteiger partial charge is 0.489 e. The molecule has 0 saturated carbocycles. The number of aryl methyl sites for hydroxylation is 1. The van der Waals surface area contributed by atoms with Gasteiger partial charge in [-0.1, -0.05) is 99.5 Å². The number of hydrogen-bond donors (Lipinski definition) is 0. The Morgan fingerprint density at radius 1 is 0.727 bits per heavy atom. The maximum atomic E-state index is 6.39. The van der Waals surface area contributed by atoms with Crippen LogP contribution >= 0.6 is 0 Å². The van der Waals surface area contributed by atoms with Crippen molar-refractivity contribution >= 4 is 55.5 Å². The molecule has 4 heteroatoms. The number of fused-ring (bicyclic) bond motifs is 4. The van der Waals surface area contributed by atoms with E-state index in [1.807, 2.05) is 0 Å². The highest BCUT2D eigenvalue weighted by molar-refractivity contribution is 6.21. The summed E-state index contributed by atoms with van der Waals surface area (Å²) in [4.78, 5) is 0. The van der Waals surface area contributed by atoms with E-state index in [0.29, 0.717) is 0 Å². The number of hydrogen-bond acceptors (Lipinski definition) is 2. The zero-order valence-electron chi connectivity index (χ0n) is 32.8. The Hall–Kier alpha value is -5.35. The van der Waals surface area contributed by atoms with Gasteiger partial charge in [0.2, 0.25) is 11.4 Å². The third kappa shape index (κ3) is 5.59. The third-order valence-electron chi connectivity index (χ3n) is 12.4. The number of nitrogens with zero attached hydrogens (tertiary/aromatic N) is 2. The van der Waals surface area contributed by atoms with Crippen LogP contribution in [0.5, 0.6) is 11.5 Å². The molecule has 4 aliphatic rings. The maximum Gasteiger partial charge on any atom is 0.215 e. The van der Waals surface area contributed by atoms with Crippen molar-refractivity contribution < 1.29 is 14.0 Å². The minimum Gasteiger partial charge on any atom is -0.489 e. The highest BCUT2D eigenvalue weighted by Crippen LogP contribution is 2.46. The molecule has 1 aromatic heterocycles. The number of unbranched alkanes of at least 4 members (excludes halogenated alkanes) is 2. The molecule has 0 amide bonds. The van der Waals surface area contributed by atoms with Gasteiger partial charge < -0.3 is 14.0 Å². The molecule has 0 bridgehead atoms. The second-order valence-corrected chi connectivity index (χ2v) is 16.2. The molecular formula is C51H51N2O2+. The number of ether oxygens (including phenoxy) is 2. The zero-order valence-corrected chi connectivity index (χ0v) is 32.8. The fraction of sp³-hybridized carbons (Fsp3) is 0.314. The Balaban J connectivity index is 1.11. The molecule has 0 spiro atoms. The fourth-order valence-electron chi connectivity index (χ4n) is 9.94. The van der Waals surface area contributed by atoms with E-state index in [2.05, 4.69) is 140 Å². The molecule has 3 aliphatic heterocycles. The summed E-state index contributed by atoms with van der Waals surface area (Å²) in [6.07, 6.45) is 18.8. The van der Waals surface area contributed by atoms with Gasteiger partial charge in [-0.25, -0.2) is 0 Å². The maximum absolute atomic E-state index is 6.39. The van der Waals surface area contributed by atoms with Crippen molar-refractivity contribution in [3.8, 4) is 11.5 Å². The molecule has 10 rings (SSSR count). The van der Waals surface area contributed by atoms with Crippen LogP contribution in [0.3, 0.4) is 0 Å². The summed E-state index contributed by atoms with van der Waals surface area (Å²) in [6.45, 7) is 11.0. The van der Waals surface area contributed by atoms with Gasteiger partial charge in [-0.05, 0) is 73.6 Å². The van der Waals surface area contributed by atoms with Crippen LogP contribution in [-0.4, -0.2) is 33.6 Å². The molecule has 0 fully saturated rings. The molecular weight excluding hydrogens is 673 g/mol. The molecule has 276 valence electrons. The standard InChI is InChI=1S/C51H51N2O2/c1-5-7-26-52-43(39-16-12-18-41-48(39)45(52)30-37-28-32(3)54-50(37)41)24-22-35-20-21-36(47(35)34-14-10-9-11-15-34)23-25-44-40-17-13-19-42-49(40)46(53(44)27-8-6-2)31-38-29-33(4)55-51(38)42/h9-19,22-25,30-33H,5-8,20-21,26-29H2,1-4H3/q+1. The molecule has 6 aromatic rings. The van der Waals surface area contributed by atoms with Gasteiger partial charge in [0, 0.05) is 76.0 Å². The average Bonchev–Trinajstić information content (AvgIpc) is 4.01. The van der Waals surface area contributed by atoms with Gasteiger partial charge in [0.25, 0.3) is 0 Å². The number of allylic oxidation sites excluding steroid dienone is 6. The van der Waals surface area contributed by atoms with Crippen LogP contribution in [0, 0.1) is 0 Å². The van der Waals surface area contributed by atoms with Crippen molar-refractivity contribution in [3.63, 3.8) is 0 Å². The van der Waals surface area contributed by atoms with Crippen molar-refractivity contribution in [2.75, 3.05) is 6.54 Å². The van der Waals surface area contributed by atoms with E-state index in [4.69, 9.17) is 9.47 Å². The number of rotatable bonds is 10. The van der Waals surface area contributed by atoms with Gasteiger partial charge in [0.1, 0.15) is 30.3 Å². The predicted octanol–water partition coefficient (Wildman–Crippen LogP) is 11.6. The van der Waals surface area contributed by atoms with Gasteiger partial charge >= 0.3 is 0 Å². The van der Waals surface area contributed by atoms with E-state index in [1.165, 1.54) is 88.2 Å². The molecule has 1 aliphatic carbocycles. The molecule has 4 heterocycles. The van der Waals surface area contributed by atoms with Crippen LogP contribution in [0.15, 0.2) is 108 Å². The van der Waals surface area contributed by atoms with Gasteiger partial charge in [0.05, 0.1) is 16.5 Å². The number of benzene rings is 5. The lowest BCUT2D eigenvalue weighted by atomic mass is 9.96. The first-order chi connectivity index (χ1) is 27.0. The Morgan fingerprint density at radius 3 is 2.20 bits per heavy atom. The molecule has 0 saturated heterocycles. The van der Waals surface area contributed by atoms with Gasteiger partial charge in [-0.3, -0.25) is 0 Å². The van der Waals surface area contributed by atoms with E-state index in [1.54, 1.807) is 0 Å². The summed E-state index contributed by atoms with van der Waals surface area (Å²) in [5.41, 5.74) is 13.5. The normalized spacial score (nSPS) is 20.0. The summed E-state index contributed by atoms with van der Waals surface area (Å²) < 4.78 is 18.0. The van der Waals surface area contributed by atoms with Crippen molar-refractivity contribution in [3.05, 3.63) is 136 Å². The quantitative estimate of drug-likeness (QED) is 0.132. The molecule has 0 N–H and O–H groups in total. The van der Waals surface area contributed by atoms with Gasteiger partial charge in [-0.15, -0.1) is 0 Å². The van der Waals surface area contributed by atoms with Crippen LogP contribution in [0.2, 0.25) is 0 Å². The first-order valence-corrected chi connectivity index (χ1v) is 20.8. The molecule has 2 unspecified atom stereocenters. The van der Waals surface area contributed by atoms with E-state index >= 15 is 0 Å². The lowest BCUT2D eigenvalue weighted by Crippen LogP contribution is -2.16. The highest BCUT2D eigenvalue weighted by Gasteiger charge is 2.35. The first kappa shape index (κ1) is 34.2. The first-order valence-electron chi connectivity index (χ1n) is 20.8. The van der Waals surface area contributed by atoms with Crippen LogP contribution in [0.1, 0.15) is 88.5 Å². The summed E-state index contributed by atoms with van der Waals surface area (Å²) in [5, 5.41) is 7.82. The minimum atomic E-state index is 0.226. The Labute approximate surface area is 324 Å². The van der Waals surface area contributed by atoms with Crippen LogP contribution < -0.4 is 14.8 Å². The summed E-state index contributed by atoms with van der Waals surface area (Å²) in [5.74, 6) is 2.17. The SMILES string of the molecule is CCCCn1/c(=C/C=C2\CCC(/C=C/C3=[N+](CCCC)c4cc5c(c6cccc3c46)OC(C)C5)=C2c2ccccc2)c2cccc3c4c(cc1c32)CC(C)O4. The topological polar surface area (TPSA) is 26.4 Å². The smallest absolute Gasteiger partial charge is 0.215 e. The van der Waals surface area contributed by atoms with E-state index in [0.717, 1.165) is 76.0 Å². The van der Waals surface area contributed by atoms with Crippen molar-refractivity contribution in [2.45, 2.75) is 97.8 Å². The Bertz CT molecular complexity index is 2700. The van der Waals surface area contributed by atoms with E-state index in [9.17, 15) is 0 Å². The molecule has 4 nitrogen and oxygen atoms in total. The van der Waals surface area contributed by atoms with Crippen LogP contribution in [-0.2, 0) is 19.4 Å². The highest BCUT2D eigenvalue weighted by atomic mass is 16.5. The molecule has 2 atom stereocenters. The Kier molecular flexibility index (Phi) is 8.54. The lowest BCUT2D eigenvalue weighted by Gasteiger charge is -2.09. The summed E-state index contributed by atoms with van der Waals surface area (Å²) >= 11 is 0. The number of aromatic nitrogens is 1. The average molecular weight is 724 g/mol. The zero-order chi connectivity index (χ0) is 37.2. The van der Waals surface area contributed by atoms with Crippen molar-refractivity contribution in [2.24, 2.45) is 0 Å². The van der Waals surface area contributed by atoms with Gasteiger partial charge in [0.15, 0.2) is 0 Å². The van der Waals surface area contributed by atoms with Crippen LogP contribution in [0.25, 0.3) is 44.1 Å². The summed E-state index contributed by atoms with van der Waals surface area (Å²) in [7, 11) is 0. The lowest BCUT2D eigenvalue weighted by molar-refractivity contribution is -0.436. The monoisotopic (exact) mass is 723 g/mol. The summed E-state index contributed by atoms with van der Waals surface area (Å²) in [6, 6.07) is 29.5. The molecule has 55 heavy (non-hydrogen) atoms. The Morgan fingerprint density at radius 2 is 1.44 bits per heavy atom. The van der Waals surface area contributed by atoms with Crippen molar-refractivity contribution in [1.82, 2.24) is 4.57 Å². The fourth-order valence-corrected chi connectivity index (χ4v) is 9.94. The van der Waals surface area contributed by atoms with E-state index in [-0.39, 0.29) is 12.2 Å². The molecule has 0 radical (unpaired) electrons. The minimum absolute atomic E-state index is 0.226. The molecule has 5 aromatic carbocycles. The van der Waals surface area contributed by atoms with E-state index < -0.39 is 0 Å². The third-order valence-corrected chi connectivity index (χ3v) is 12.4. The van der Waals surface area contributed by atoms with Crippen molar-refractivity contribution in [1.29, 1.82) is 0 Å². The predicted molar refractivity (Wildman–Crippen MR) is 229 cm³/mol.